The third-order valence-corrected chi connectivity index (χ3v) is 6.74. The van der Waals surface area contributed by atoms with E-state index < -0.39 is 5.97 Å². The Hall–Kier alpha value is -4.14. The maximum Gasteiger partial charge on any atom is 0.303 e. The quantitative estimate of drug-likeness (QED) is 0.425. The lowest BCUT2D eigenvalue weighted by molar-refractivity contribution is -0.137. The van der Waals surface area contributed by atoms with Gasteiger partial charge in [0.25, 0.3) is 0 Å². The van der Waals surface area contributed by atoms with Crippen LogP contribution >= 0.6 is 0 Å². The molecule has 1 atom stereocenters. The molecule has 1 amide bonds. The van der Waals surface area contributed by atoms with Gasteiger partial charge in [-0.05, 0) is 73.6 Å². The number of carbonyl (C=O) groups is 2. The topological polar surface area (TPSA) is 111 Å². The third kappa shape index (κ3) is 5.35. The molecular weight excluding hydrogens is 474 g/mol. The molecule has 0 bridgehead atoms. The number of carbonyl (C=O) groups excluding carboxylic acids is 1. The fourth-order valence-corrected chi connectivity index (χ4v) is 4.90. The second-order valence-corrected chi connectivity index (χ2v) is 9.34. The van der Waals surface area contributed by atoms with Crippen molar-refractivity contribution in [3.63, 3.8) is 0 Å². The summed E-state index contributed by atoms with van der Waals surface area (Å²) in [6.07, 6.45) is 4.21. The Balaban J connectivity index is 1.23. The van der Waals surface area contributed by atoms with Gasteiger partial charge in [-0.25, -0.2) is 9.97 Å². The van der Waals surface area contributed by atoms with E-state index in [-0.39, 0.29) is 25.0 Å². The lowest BCUT2D eigenvalue weighted by atomic mass is 9.98. The maximum absolute atomic E-state index is 12.5. The molecule has 1 aliphatic heterocycles. The van der Waals surface area contributed by atoms with E-state index in [1.165, 1.54) is 6.92 Å². The summed E-state index contributed by atoms with van der Waals surface area (Å²) in [6, 6.07) is 11.4. The minimum atomic E-state index is -0.768. The van der Waals surface area contributed by atoms with Crippen LogP contribution in [-0.2, 0) is 16.0 Å². The van der Waals surface area contributed by atoms with Crippen molar-refractivity contribution in [1.29, 1.82) is 0 Å². The number of anilines is 1. The molecule has 37 heavy (non-hydrogen) atoms. The van der Waals surface area contributed by atoms with Gasteiger partial charge in [0, 0.05) is 30.8 Å². The maximum atomic E-state index is 12.5. The van der Waals surface area contributed by atoms with Crippen LogP contribution in [0.15, 0.2) is 42.6 Å². The number of carboxylic acid groups (broad SMARTS) is 1. The van der Waals surface area contributed by atoms with Crippen molar-refractivity contribution in [3.8, 4) is 28.6 Å². The number of hydrogen-bond donors (Lipinski definition) is 1. The van der Waals surface area contributed by atoms with Gasteiger partial charge in [0.1, 0.15) is 11.6 Å². The highest BCUT2D eigenvalue weighted by Gasteiger charge is 2.25. The molecule has 0 saturated heterocycles. The monoisotopic (exact) mass is 503 g/mol. The first-order valence-electron chi connectivity index (χ1n) is 12.4. The standard InChI is InChI=1S/C28H29N3O6/c1-17-15-29-27(21-6-9-24-25(13-21)37-16-36-24)30-28(17)31(18(2)32)10-3-11-35-22-7-8-23-19(12-22)4-5-20(23)14-26(33)34/h6-9,12-13,15,20H,3-5,10-11,14,16H2,1-2H3,(H,33,34)/t20-/m0/s1. The van der Waals surface area contributed by atoms with Crippen LogP contribution < -0.4 is 19.1 Å². The van der Waals surface area contributed by atoms with E-state index in [9.17, 15) is 9.59 Å². The van der Waals surface area contributed by atoms with Crippen molar-refractivity contribution in [2.75, 3.05) is 24.8 Å². The van der Waals surface area contributed by atoms with E-state index in [1.54, 1.807) is 11.1 Å². The number of amides is 1. The number of benzene rings is 2. The molecule has 3 aromatic rings. The van der Waals surface area contributed by atoms with Crippen molar-refractivity contribution < 1.29 is 28.9 Å². The molecule has 192 valence electrons. The Morgan fingerprint density at radius 3 is 2.81 bits per heavy atom. The van der Waals surface area contributed by atoms with E-state index in [2.05, 4.69) is 4.98 Å². The van der Waals surface area contributed by atoms with E-state index in [0.717, 1.165) is 40.8 Å². The van der Waals surface area contributed by atoms with Gasteiger partial charge in [-0.3, -0.25) is 14.5 Å². The van der Waals surface area contributed by atoms with Crippen molar-refractivity contribution >= 4 is 17.7 Å². The Morgan fingerprint density at radius 2 is 2.00 bits per heavy atom. The van der Waals surface area contributed by atoms with E-state index in [1.807, 2.05) is 43.3 Å². The van der Waals surface area contributed by atoms with E-state index in [0.29, 0.717) is 42.7 Å². The van der Waals surface area contributed by atoms with Crippen LogP contribution in [0.1, 0.15) is 48.8 Å². The number of hydrogen-bond acceptors (Lipinski definition) is 7. The number of aryl methyl sites for hydroxylation is 2. The zero-order chi connectivity index (χ0) is 25.9. The van der Waals surface area contributed by atoms with Crippen LogP contribution in [0.3, 0.4) is 0 Å². The van der Waals surface area contributed by atoms with Crippen LogP contribution in [0.2, 0.25) is 0 Å². The minimum Gasteiger partial charge on any atom is -0.494 e. The average Bonchev–Trinajstić information content (AvgIpc) is 3.50. The number of nitrogens with zero attached hydrogens (tertiary/aromatic N) is 3. The fraction of sp³-hybridized carbons (Fsp3) is 0.357. The van der Waals surface area contributed by atoms with Gasteiger partial charge >= 0.3 is 5.97 Å². The highest BCUT2D eigenvalue weighted by atomic mass is 16.7. The predicted octanol–water partition coefficient (Wildman–Crippen LogP) is 4.51. The van der Waals surface area contributed by atoms with Crippen LogP contribution in [0.4, 0.5) is 5.82 Å². The summed E-state index contributed by atoms with van der Waals surface area (Å²) in [7, 11) is 0. The zero-order valence-electron chi connectivity index (χ0n) is 20.9. The first-order valence-corrected chi connectivity index (χ1v) is 12.4. The molecule has 1 aliphatic carbocycles. The van der Waals surface area contributed by atoms with Crippen molar-refractivity contribution in [3.05, 3.63) is 59.3 Å². The van der Waals surface area contributed by atoms with Crippen LogP contribution in [0.5, 0.6) is 17.2 Å². The Morgan fingerprint density at radius 1 is 1.16 bits per heavy atom. The summed E-state index contributed by atoms with van der Waals surface area (Å²) in [5.74, 6) is 2.35. The fourth-order valence-electron chi connectivity index (χ4n) is 4.90. The highest BCUT2D eigenvalue weighted by Crippen LogP contribution is 2.38. The number of ether oxygens (including phenoxy) is 3. The molecule has 1 aromatic heterocycles. The van der Waals surface area contributed by atoms with Crippen molar-refractivity contribution in [2.45, 2.75) is 45.4 Å². The normalized spacial score (nSPS) is 15.4. The van der Waals surface area contributed by atoms with Gasteiger partial charge in [-0.2, -0.15) is 0 Å². The van der Waals surface area contributed by atoms with Crippen LogP contribution in [0, 0.1) is 6.92 Å². The van der Waals surface area contributed by atoms with Crippen LogP contribution in [0.25, 0.3) is 11.4 Å². The predicted molar refractivity (Wildman–Crippen MR) is 136 cm³/mol. The lowest BCUT2D eigenvalue weighted by Crippen LogP contribution is -2.32. The third-order valence-electron chi connectivity index (χ3n) is 6.74. The molecule has 2 heterocycles. The summed E-state index contributed by atoms with van der Waals surface area (Å²) in [5.41, 5.74) is 3.84. The average molecular weight is 504 g/mol. The zero-order valence-corrected chi connectivity index (χ0v) is 20.9. The minimum absolute atomic E-state index is 0.0735. The summed E-state index contributed by atoms with van der Waals surface area (Å²) in [6.45, 7) is 4.47. The van der Waals surface area contributed by atoms with Gasteiger partial charge in [-0.15, -0.1) is 0 Å². The smallest absolute Gasteiger partial charge is 0.303 e. The molecule has 5 rings (SSSR count). The molecule has 0 unspecified atom stereocenters. The number of aliphatic carboxylic acids is 1. The molecule has 0 fully saturated rings. The summed E-state index contributed by atoms with van der Waals surface area (Å²) < 4.78 is 16.8. The molecule has 0 saturated carbocycles. The number of aromatic nitrogens is 2. The lowest BCUT2D eigenvalue weighted by Gasteiger charge is -2.22. The Bertz CT molecular complexity index is 1340. The van der Waals surface area contributed by atoms with Gasteiger partial charge in [0.15, 0.2) is 17.3 Å². The number of fused-ring (bicyclic) bond motifs is 2. The molecule has 9 heteroatoms. The summed E-state index contributed by atoms with van der Waals surface area (Å²) >= 11 is 0. The molecular formula is C28H29N3O6. The summed E-state index contributed by atoms with van der Waals surface area (Å²) in [4.78, 5) is 34.5. The van der Waals surface area contributed by atoms with Gasteiger partial charge in [0.05, 0.1) is 13.0 Å². The van der Waals surface area contributed by atoms with E-state index in [4.69, 9.17) is 24.3 Å². The molecule has 0 radical (unpaired) electrons. The number of rotatable bonds is 9. The van der Waals surface area contributed by atoms with E-state index >= 15 is 0 Å². The first-order chi connectivity index (χ1) is 17.9. The Kier molecular flexibility index (Phi) is 6.94. The molecule has 9 nitrogen and oxygen atoms in total. The molecule has 2 aromatic carbocycles. The molecule has 2 aliphatic rings. The van der Waals surface area contributed by atoms with Crippen molar-refractivity contribution in [2.24, 2.45) is 0 Å². The van der Waals surface area contributed by atoms with Crippen molar-refractivity contribution in [1.82, 2.24) is 9.97 Å². The van der Waals surface area contributed by atoms with Gasteiger partial charge in [-0.1, -0.05) is 6.07 Å². The summed E-state index contributed by atoms with van der Waals surface area (Å²) in [5, 5.41) is 9.12. The molecule has 0 spiro atoms. The SMILES string of the molecule is CC(=O)N(CCCOc1ccc2c(c1)CC[C@H]2CC(=O)O)c1nc(-c2ccc3c(c2)OCO3)ncc1C. The van der Waals surface area contributed by atoms with Gasteiger partial charge in [0.2, 0.25) is 12.7 Å². The van der Waals surface area contributed by atoms with Crippen LogP contribution in [-0.4, -0.2) is 46.9 Å². The number of carboxylic acids is 1. The largest absolute Gasteiger partial charge is 0.494 e. The highest BCUT2D eigenvalue weighted by molar-refractivity contribution is 5.91. The molecule has 1 N–H and O–H groups in total. The first kappa shape index (κ1) is 24.5. The van der Waals surface area contributed by atoms with Gasteiger partial charge < -0.3 is 19.3 Å². The second-order valence-electron chi connectivity index (χ2n) is 9.34. The second kappa shape index (κ2) is 10.5. The Labute approximate surface area is 215 Å².